The van der Waals surface area contributed by atoms with Gasteiger partial charge in [0.1, 0.15) is 6.61 Å². The van der Waals surface area contributed by atoms with Gasteiger partial charge in [0.25, 0.3) is 0 Å². The van der Waals surface area contributed by atoms with Gasteiger partial charge in [-0.2, -0.15) is 0 Å². The van der Waals surface area contributed by atoms with Gasteiger partial charge in [0.05, 0.1) is 6.61 Å². The van der Waals surface area contributed by atoms with Gasteiger partial charge in [0, 0.05) is 44.5 Å². The summed E-state index contributed by atoms with van der Waals surface area (Å²) < 4.78 is 10.4. The highest BCUT2D eigenvalue weighted by Crippen LogP contribution is 2.15. The van der Waals surface area contributed by atoms with Crippen molar-refractivity contribution < 1.29 is 9.47 Å². The van der Waals surface area contributed by atoms with E-state index in [4.69, 9.17) is 9.47 Å². The Bertz CT molecular complexity index is 387. The first-order valence-electron chi connectivity index (χ1n) is 7.19. The van der Waals surface area contributed by atoms with Crippen LogP contribution in [0.2, 0.25) is 0 Å². The van der Waals surface area contributed by atoms with Crippen molar-refractivity contribution >= 4 is 0 Å². The Morgan fingerprint density at radius 2 is 2.25 bits per heavy atom. The zero-order valence-electron chi connectivity index (χ0n) is 12.6. The normalized spacial score (nSPS) is 23.1. The fourth-order valence-electron chi connectivity index (χ4n) is 2.43. The number of nitrogens with zero attached hydrogens (tertiary/aromatic N) is 2. The molecule has 5 heteroatoms. The van der Waals surface area contributed by atoms with Crippen LogP contribution in [0.4, 0.5) is 0 Å². The Kier molecular flexibility index (Phi) is 5.76. The van der Waals surface area contributed by atoms with Crippen molar-refractivity contribution in [3.8, 4) is 5.88 Å². The summed E-state index contributed by atoms with van der Waals surface area (Å²) >= 11 is 0. The molecule has 2 heterocycles. The Balaban J connectivity index is 1.73. The highest BCUT2D eigenvalue weighted by atomic mass is 16.5. The minimum atomic E-state index is 0.535. The van der Waals surface area contributed by atoms with E-state index < -0.39 is 0 Å². The second-order valence-corrected chi connectivity index (χ2v) is 5.45. The van der Waals surface area contributed by atoms with E-state index in [1.54, 1.807) is 7.11 Å². The Labute approximate surface area is 121 Å². The number of hydrogen-bond donors (Lipinski definition) is 1. The van der Waals surface area contributed by atoms with Crippen molar-refractivity contribution in [2.45, 2.75) is 32.0 Å². The van der Waals surface area contributed by atoms with E-state index in [-0.39, 0.29) is 0 Å². The summed E-state index contributed by atoms with van der Waals surface area (Å²) in [5.41, 5.74) is 1.19. The second kappa shape index (κ2) is 7.57. The number of rotatable bonds is 7. The molecule has 0 aliphatic carbocycles. The molecular formula is C15H25N3O2. The van der Waals surface area contributed by atoms with Gasteiger partial charge >= 0.3 is 0 Å². The second-order valence-electron chi connectivity index (χ2n) is 5.45. The molecule has 0 saturated carbocycles. The third-order valence-electron chi connectivity index (χ3n) is 3.82. The molecule has 20 heavy (non-hydrogen) atoms. The first-order chi connectivity index (χ1) is 9.69. The van der Waals surface area contributed by atoms with Gasteiger partial charge < -0.3 is 19.7 Å². The third-order valence-corrected chi connectivity index (χ3v) is 3.82. The van der Waals surface area contributed by atoms with E-state index in [1.165, 1.54) is 12.0 Å². The molecule has 1 fully saturated rings. The van der Waals surface area contributed by atoms with Gasteiger partial charge in [-0.3, -0.25) is 0 Å². The largest absolute Gasteiger partial charge is 0.475 e. The molecular weight excluding hydrogens is 254 g/mol. The van der Waals surface area contributed by atoms with E-state index in [0.717, 1.165) is 13.1 Å². The smallest absolute Gasteiger partial charge is 0.213 e. The van der Waals surface area contributed by atoms with Crippen LogP contribution in [0.5, 0.6) is 5.88 Å². The maximum atomic E-state index is 5.44. The summed E-state index contributed by atoms with van der Waals surface area (Å²) in [5, 5.41) is 3.59. The van der Waals surface area contributed by atoms with Gasteiger partial charge in [-0.05, 0) is 26.0 Å². The summed E-state index contributed by atoms with van der Waals surface area (Å²) in [6.07, 6.45) is 3.08. The lowest BCUT2D eigenvalue weighted by Crippen LogP contribution is -2.31. The fourth-order valence-corrected chi connectivity index (χ4v) is 2.43. The summed E-state index contributed by atoms with van der Waals surface area (Å²) in [5.74, 6) is 0.653. The summed E-state index contributed by atoms with van der Waals surface area (Å²) in [6.45, 7) is 5.37. The van der Waals surface area contributed by atoms with Gasteiger partial charge in [0.15, 0.2) is 0 Å². The van der Waals surface area contributed by atoms with Crippen LogP contribution in [0, 0.1) is 0 Å². The molecule has 112 valence electrons. The number of likely N-dealkylation sites (tertiary alicyclic amines) is 1. The lowest BCUT2D eigenvalue weighted by Gasteiger charge is -2.13. The van der Waals surface area contributed by atoms with Crippen molar-refractivity contribution in [2.75, 3.05) is 33.9 Å². The predicted molar refractivity (Wildman–Crippen MR) is 78.9 cm³/mol. The lowest BCUT2D eigenvalue weighted by atomic mass is 10.2. The zero-order valence-corrected chi connectivity index (χ0v) is 12.6. The van der Waals surface area contributed by atoms with Crippen molar-refractivity contribution in [2.24, 2.45) is 0 Å². The number of ether oxygens (including phenoxy) is 2. The standard InChI is InChI=1S/C15H25N3O2/c1-12-8-14(11-18(12)2)16-9-13-4-5-15(17-10-13)20-7-6-19-3/h4-5,10,12,14,16H,6-9,11H2,1-3H3/t12-,14-/m0/s1. The maximum absolute atomic E-state index is 5.44. The van der Waals surface area contributed by atoms with Gasteiger partial charge in [-0.1, -0.05) is 6.07 Å². The summed E-state index contributed by atoms with van der Waals surface area (Å²) in [7, 11) is 3.84. The monoisotopic (exact) mass is 279 g/mol. The molecule has 5 nitrogen and oxygen atoms in total. The molecule has 0 amide bonds. The van der Waals surface area contributed by atoms with Crippen LogP contribution < -0.4 is 10.1 Å². The fraction of sp³-hybridized carbons (Fsp3) is 0.667. The Morgan fingerprint density at radius 3 is 2.85 bits per heavy atom. The zero-order chi connectivity index (χ0) is 14.4. The minimum absolute atomic E-state index is 0.535. The molecule has 0 unspecified atom stereocenters. The molecule has 0 spiro atoms. The van der Waals surface area contributed by atoms with Crippen LogP contribution in [0.25, 0.3) is 0 Å². The SMILES string of the molecule is COCCOc1ccc(CN[C@H]2C[C@H](C)N(C)C2)cn1. The van der Waals surface area contributed by atoms with Crippen LogP contribution in [-0.4, -0.2) is 55.9 Å². The Hall–Kier alpha value is -1.17. The van der Waals surface area contributed by atoms with Crippen molar-refractivity contribution in [1.29, 1.82) is 0 Å². The van der Waals surface area contributed by atoms with Gasteiger partial charge in [-0.25, -0.2) is 4.98 Å². The summed E-state index contributed by atoms with van der Waals surface area (Å²) in [6, 6.07) is 5.22. The predicted octanol–water partition coefficient (Wildman–Crippen LogP) is 1.29. The van der Waals surface area contributed by atoms with E-state index in [9.17, 15) is 0 Å². The number of likely N-dealkylation sites (N-methyl/N-ethyl adjacent to an activating group) is 1. The van der Waals surface area contributed by atoms with Crippen LogP contribution in [-0.2, 0) is 11.3 Å². The molecule has 0 aromatic carbocycles. The molecule has 2 atom stereocenters. The van der Waals surface area contributed by atoms with Crippen molar-refractivity contribution in [1.82, 2.24) is 15.2 Å². The highest BCUT2D eigenvalue weighted by molar-refractivity contribution is 5.17. The average Bonchev–Trinajstić information content (AvgIpc) is 2.77. The number of aromatic nitrogens is 1. The third kappa shape index (κ3) is 4.44. The maximum Gasteiger partial charge on any atom is 0.213 e. The molecule has 0 bridgehead atoms. The number of hydrogen-bond acceptors (Lipinski definition) is 5. The van der Waals surface area contributed by atoms with E-state index in [0.29, 0.717) is 31.2 Å². The highest BCUT2D eigenvalue weighted by Gasteiger charge is 2.25. The van der Waals surface area contributed by atoms with E-state index >= 15 is 0 Å². The van der Waals surface area contributed by atoms with Crippen LogP contribution in [0.3, 0.4) is 0 Å². The molecule has 1 aliphatic heterocycles. The van der Waals surface area contributed by atoms with E-state index in [2.05, 4.69) is 35.2 Å². The lowest BCUT2D eigenvalue weighted by molar-refractivity contribution is 0.143. The molecule has 1 aromatic heterocycles. The molecule has 1 aromatic rings. The molecule has 1 saturated heterocycles. The average molecular weight is 279 g/mol. The topological polar surface area (TPSA) is 46.6 Å². The van der Waals surface area contributed by atoms with Crippen LogP contribution in [0.15, 0.2) is 18.3 Å². The van der Waals surface area contributed by atoms with Crippen LogP contribution in [0.1, 0.15) is 18.9 Å². The molecule has 1 N–H and O–H groups in total. The number of pyridine rings is 1. The minimum Gasteiger partial charge on any atom is -0.475 e. The molecule has 2 rings (SSSR count). The first-order valence-corrected chi connectivity index (χ1v) is 7.19. The van der Waals surface area contributed by atoms with E-state index in [1.807, 2.05) is 12.3 Å². The molecule has 0 radical (unpaired) electrons. The quantitative estimate of drug-likeness (QED) is 0.762. The van der Waals surface area contributed by atoms with Crippen molar-refractivity contribution in [3.05, 3.63) is 23.9 Å². The number of methoxy groups -OCH3 is 1. The van der Waals surface area contributed by atoms with Crippen LogP contribution >= 0.6 is 0 Å². The van der Waals surface area contributed by atoms with Gasteiger partial charge in [-0.15, -0.1) is 0 Å². The Morgan fingerprint density at radius 1 is 1.40 bits per heavy atom. The first kappa shape index (κ1) is 15.2. The summed E-state index contributed by atoms with van der Waals surface area (Å²) in [4.78, 5) is 6.69. The number of nitrogens with one attached hydrogen (secondary N) is 1. The molecule has 1 aliphatic rings. The van der Waals surface area contributed by atoms with Gasteiger partial charge in [0.2, 0.25) is 5.88 Å². The van der Waals surface area contributed by atoms with Crippen molar-refractivity contribution in [3.63, 3.8) is 0 Å².